The van der Waals surface area contributed by atoms with Crippen LogP contribution in [0.5, 0.6) is 0 Å². The number of hydrogen-bond acceptors (Lipinski definition) is 3. The fraction of sp³-hybridized carbons (Fsp3) is 0.429. The summed E-state index contributed by atoms with van der Waals surface area (Å²) in [5.74, 6) is -1.01. The zero-order chi connectivity index (χ0) is 14.7. The molecule has 6 nitrogen and oxygen atoms in total. The van der Waals surface area contributed by atoms with Gasteiger partial charge < -0.3 is 21.1 Å². The molecule has 1 atom stereocenters. The number of carboxylic acid groups (broad SMARTS) is 1. The highest BCUT2D eigenvalue weighted by Crippen LogP contribution is 2.18. The van der Waals surface area contributed by atoms with E-state index >= 15 is 0 Å². The van der Waals surface area contributed by atoms with Gasteiger partial charge in [0.15, 0.2) is 0 Å². The molecule has 1 unspecified atom stereocenters. The molecule has 0 radical (unpaired) electrons. The predicted octanol–water partition coefficient (Wildman–Crippen LogP) is 1.65. The van der Waals surface area contributed by atoms with E-state index in [4.69, 9.17) is 10.8 Å². The van der Waals surface area contributed by atoms with Crippen LogP contribution in [0.15, 0.2) is 18.2 Å². The maximum Gasteiger partial charge on any atom is 0.335 e. The smallest absolute Gasteiger partial charge is 0.335 e. The fourth-order valence-electron chi connectivity index (χ4n) is 2.28. The lowest BCUT2D eigenvalue weighted by atomic mass is 10.1. The number of carbonyl (C=O) groups excluding carboxylic acids is 1. The van der Waals surface area contributed by atoms with E-state index in [2.05, 4.69) is 5.32 Å². The Morgan fingerprint density at radius 2 is 2.20 bits per heavy atom. The summed E-state index contributed by atoms with van der Waals surface area (Å²) in [7, 11) is 0. The van der Waals surface area contributed by atoms with Crippen molar-refractivity contribution in [1.82, 2.24) is 4.90 Å². The minimum Gasteiger partial charge on any atom is -0.478 e. The molecule has 4 N–H and O–H groups in total. The molecule has 1 aromatic carbocycles. The number of piperidine rings is 1. The van der Waals surface area contributed by atoms with Crippen LogP contribution in [0.3, 0.4) is 0 Å². The Labute approximate surface area is 117 Å². The number of amides is 2. The number of aryl methyl sites for hydroxylation is 1. The number of nitrogens with one attached hydrogen (secondary N) is 1. The average molecular weight is 277 g/mol. The van der Waals surface area contributed by atoms with Gasteiger partial charge in [0.2, 0.25) is 0 Å². The standard InChI is InChI=1S/C14H19N3O3/c1-9-4-5-10(13(18)19)7-12(9)16-14(20)17-6-2-3-11(15)8-17/h4-5,7,11H,2-3,6,8,15H2,1H3,(H,16,20)(H,18,19). The van der Waals surface area contributed by atoms with E-state index < -0.39 is 5.97 Å². The molecular formula is C14H19N3O3. The first kappa shape index (κ1) is 14.3. The van der Waals surface area contributed by atoms with Crippen LogP contribution in [0.25, 0.3) is 0 Å². The molecule has 1 heterocycles. The Kier molecular flexibility index (Phi) is 4.24. The molecule has 108 valence electrons. The Hall–Kier alpha value is -2.08. The Morgan fingerprint density at radius 1 is 1.45 bits per heavy atom. The number of anilines is 1. The zero-order valence-corrected chi connectivity index (χ0v) is 11.4. The molecule has 0 aliphatic carbocycles. The Bertz CT molecular complexity index is 530. The molecule has 2 rings (SSSR count). The average Bonchev–Trinajstić information content (AvgIpc) is 2.41. The van der Waals surface area contributed by atoms with Crippen LogP contribution in [0.1, 0.15) is 28.8 Å². The third kappa shape index (κ3) is 3.27. The zero-order valence-electron chi connectivity index (χ0n) is 11.4. The highest BCUT2D eigenvalue weighted by Gasteiger charge is 2.21. The lowest BCUT2D eigenvalue weighted by Crippen LogP contribution is -2.47. The van der Waals surface area contributed by atoms with Gasteiger partial charge in [-0.15, -0.1) is 0 Å². The molecule has 0 aromatic heterocycles. The minimum absolute atomic E-state index is 0.0148. The summed E-state index contributed by atoms with van der Waals surface area (Å²) in [6.07, 6.45) is 1.82. The van der Waals surface area contributed by atoms with Crippen molar-refractivity contribution in [3.8, 4) is 0 Å². The normalized spacial score (nSPS) is 18.7. The topological polar surface area (TPSA) is 95.7 Å². The third-order valence-electron chi connectivity index (χ3n) is 3.47. The molecule has 1 aliphatic rings. The number of benzene rings is 1. The van der Waals surface area contributed by atoms with E-state index in [0.717, 1.165) is 18.4 Å². The maximum atomic E-state index is 12.2. The third-order valence-corrected chi connectivity index (χ3v) is 3.47. The number of likely N-dealkylation sites (tertiary alicyclic amines) is 1. The molecule has 0 spiro atoms. The van der Waals surface area contributed by atoms with E-state index in [1.165, 1.54) is 12.1 Å². The summed E-state index contributed by atoms with van der Waals surface area (Å²) in [4.78, 5) is 24.8. The van der Waals surface area contributed by atoms with E-state index in [0.29, 0.717) is 18.8 Å². The van der Waals surface area contributed by atoms with E-state index in [1.54, 1.807) is 11.0 Å². The van der Waals surface area contributed by atoms with Crippen molar-refractivity contribution in [2.75, 3.05) is 18.4 Å². The first-order chi connectivity index (χ1) is 9.47. The van der Waals surface area contributed by atoms with Crippen LogP contribution in [0.2, 0.25) is 0 Å². The summed E-state index contributed by atoms with van der Waals surface area (Å²) in [5.41, 5.74) is 7.35. The van der Waals surface area contributed by atoms with Gasteiger partial charge in [-0.05, 0) is 37.5 Å². The highest BCUT2D eigenvalue weighted by atomic mass is 16.4. The van der Waals surface area contributed by atoms with Crippen LogP contribution in [-0.4, -0.2) is 41.1 Å². The van der Waals surface area contributed by atoms with Gasteiger partial charge in [0.25, 0.3) is 0 Å². The number of rotatable bonds is 2. The summed E-state index contributed by atoms with van der Waals surface area (Å²) in [5, 5.41) is 11.7. The van der Waals surface area contributed by atoms with Gasteiger partial charge in [-0.2, -0.15) is 0 Å². The van der Waals surface area contributed by atoms with Crippen molar-refractivity contribution in [3.63, 3.8) is 0 Å². The number of urea groups is 1. The molecule has 1 aliphatic heterocycles. The summed E-state index contributed by atoms with van der Waals surface area (Å²) >= 11 is 0. The van der Waals surface area contributed by atoms with Crippen LogP contribution in [0, 0.1) is 6.92 Å². The number of nitrogens with two attached hydrogens (primary N) is 1. The number of carboxylic acids is 1. The predicted molar refractivity (Wildman–Crippen MR) is 75.9 cm³/mol. The molecular weight excluding hydrogens is 258 g/mol. The molecule has 0 saturated carbocycles. The van der Waals surface area contributed by atoms with Crippen LogP contribution in [0.4, 0.5) is 10.5 Å². The number of carbonyl (C=O) groups is 2. The summed E-state index contributed by atoms with van der Waals surface area (Å²) < 4.78 is 0. The second-order valence-corrected chi connectivity index (χ2v) is 5.11. The van der Waals surface area contributed by atoms with Crippen LogP contribution >= 0.6 is 0 Å². The molecule has 20 heavy (non-hydrogen) atoms. The first-order valence-corrected chi connectivity index (χ1v) is 6.63. The van der Waals surface area contributed by atoms with E-state index in [1.807, 2.05) is 6.92 Å². The highest BCUT2D eigenvalue weighted by molar-refractivity contribution is 5.94. The maximum absolute atomic E-state index is 12.2. The monoisotopic (exact) mass is 277 g/mol. The molecule has 1 aromatic rings. The first-order valence-electron chi connectivity index (χ1n) is 6.63. The van der Waals surface area contributed by atoms with Crippen molar-refractivity contribution < 1.29 is 14.7 Å². The summed E-state index contributed by atoms with van der Waals surface area (Å²) in [6.45, 7) is 3.03. The van der Waals surface area contributed by atoms with Gasteiger partial charge in [0.1, 0.15) is 0 Å². The minimum atomic E-state index is -1.01. The van der Waals surface area contributed by atoms with E-state index in [9.17, 15) is 9.59 Å². The van der Waals surface area contributed by atoms with Crippen LogP contribution in [-0.2, 0) is 0 Å². The molecule has 1 saturated heterocycles. The molecule has 2 amide bonds. The molecule has 6 heteroatoms. The lowest BCUT2D eigenvalue weighted by molar-refractivity contribution is 0.0697. The number of aromatic carboxylic acids is 1. The SMILES string of the molecule is Cc1ccc(C(=O)O)cc1NC(=O)N1CCCC(N)C1. The summed E-state index contributed by atoms with van der Waals surface area (Å²) in [6, 6.07) is 4.46. The van der Waals surface area contributed by atoms with Gasteiger partial charge >= 0.3 is 12.0 Å². The van der Waals surface area contributed by atoms with Crippen molar-refractivity contribution in [2.24, 2.45) is 5.73 Å². The van der Waals surface area contributed by atoms with Gasteiger partial charge in [0, 0.05) is 24.8 Å². The number of hydrogen-bond donors (Lipinski definition) is 3. The Balaban J connectivity index is 2.10. The van der Waals surface area contributed by atoms with Gasteiger partial charge in [-0.25, -0.2) is 9.59 Å². The van der Waals surface area contributed by atoms with Crippen LogP contribution < -0.4 is 11.1 Å². The second kappa shape index (κ2) is 5.92. The van der Waals surface area contributed by atoms with E-state index in [-0.39, 0.29) is 17.6 Å². The largest absolute Gasteiger partial charge is 0.478 e. The van der Waals surface area contributed by atoms with Gasteiger partial charge in [-0.1, -0.05) is 6.07 Å². The number of nitrogens with zero attached hydrogens (tertiary/aromatic N) is 1. The van der Waals surface area contributed by atoms with Crippen molar-refractivity contribution in [2.45, 2.75) is 25.8 Å². The second-order valence-electron chi connectivity index (χ2n) is 5.11. The Morgan fingerprint density at radius 3 is 2.85 bits per heavy atom. The fourth-order valence-corrected chi connectivity index (χ4v) is 2.28. The lowest BCUT2D eigenvalue weighted by Gasteiger charge is -2.31. The van der Waals surface area contributed by atoms with Crippen molar-refractivity contribution >= 4 is 17.7 Å². The van der Waals surface area contributed by atoms with Crippen molar-refractivity contribution in [1.29, 1.82) is 0 Å². The van der Waals surface area contributed by atoms with Gasteiger partial charge in [-0.3, -0.25) is 0 Å². The quantitative estimate of drug-likeness (QED) is 0.765. The molecule has 0 bridgehead atoms. The van der Waals surface area contributed by atoms with Gasteiger partial charge in [0.05, 0.1) is 5.56 Å². The molecule has 1 fully saturated rings. The van der Waals surface area contributed by atoms with Crippen molar-refractivity contribution in [3.05, 3.63) is 29.3 Å².